The Balaban J connectivity index is 1.74. The van der Waals surface area contributed by atoms with Crippen molar-refractivity contribution in [2.45, 2.75) is 25.9 Å². The van der Waals surface area contributed by atoms with Crippen molar-refractivity contribution in [3.05, 3.63) is 63.3 Å². The minimum Gasteiger partial charge on any atom is -0.306 e. The number of aromatic nitrogens is 4. The predicted octanol–water partition coefficient (Wildman–Crippen LogP) is 5.09. The first-order valence-corrected chi connectivity index (χ1v) is 9.01. The Kier molecular flexibility index (Phi) is 6.61. The second-order valence-corrected chi connectivity index (χ2v) is 6.83. The summed E-state index contributed by atoms with van der Waals surface area (Å²) in [6, 6.07) is 5.74. The summed E-state index contributed by atoms with van der Waals surface area (Å²) in [6.45, 7) is -0.672. The third kappa shape index (κ3) is 4.90. The summed E-state index contributed by atoms with van der Waals surface area (Å²) in [5.41, 5.74) is -1.46. The van der Waals surface area contributed by atoms with Crippen LogP contribution in [-0.4, -0.2) is 25.5 Å². The number of nitrogens with one attached hydrogen (secondary N) is 1. The largest absolute Gasteiger partial charge is 0.306 e. The summed E-state index contributed by atoms with van der Waals surface area (Å²) in [6.07, 6.45) is -5.04. The molecule has 2 aromatic heterocycles. The standard InChI is InChI=1S/C17H12Cl2F5N5O/c18-10-6-28(5-8-2-1-3-9(20)4-8)27-17(10)25-11(30)7-29-14(16(23)24)12(19)13(26-29)15(21)22/h1-4,6,15-16H,5,7H2,(H,25,27,30). The average molecular weight is 468 g/mol. The van der Waals surface area contributed by atoms with Crippen LogP contribution >= 0.6 is 23.2 Å². The van der Waals surface area contributed by atoms with Crippen LogP contribution in [0.15, 0.2) is 30.5 Å². The van der Waals surface area contributed by atoms with E-state index in [2.05, 4.69) is 15.5 Å². The van der Waals surface area contributed by atoms with Gasteiger partial charge < -0.3 is 5.32 Å². The smallest absolute Gasteiger partial charge is 0.283 e. The highest BCUT2D eigenvalue weighted by atomic mass is 35.5. The first-order chi connectivity index (χ1) is 14.2. The first-order valence-electron chi connectivity index (χ1n) is 8.25. The number of hydrogen-bond acceptors (Lipinski definition) is 3. The molecule has 6 nitrogen and oxygen atoms in total. The van der Waals surface area contributed by atoms with Crippen LogP contribution in [0.25, 0.3) is 0 Å². The molecule has 0 unspecified atom stereocenters. The number of carbonyl (C=O) groups is 1. The van der Waals surface area contributed by atoms with Crippen molar-refractivity contribution in [1.82, 2.24) is 19.6 Å². The van der Waals surface area contributed by atoms with Crippen LogP contribution < -0.4 is 5.32 Å². The Morgan fingerprint density at radius 3 is 2.50 bits per heavy atom. The maximum atomic E-state index is 13.3. The van der Waals surface area contributed by atoms with Gasteiger partial charge in [0.05, 0.1) is 11.6 Å². The van der Waals surface area contributed by atoms with Crippen molar-refractivity contribution < 1.29 is 26.7 Å². The highest BCUT2D eigenvalue weighted by Crippen LogP contribution is 2.34. The average Bonchev–Trinajstić information content (AvgIpc) is 3.14. The number of halogens is 7. The van der Waals surface area contributed by atoms with Gasteiger partial charge in [-0.05, 0) is 17.7 Å². The van der Waals surface area contributed by atoms with Crippen LogP contribution in [0.1, 0.15) is 29.8 Å². The third-order valence-corrected chi connectivity index (χ3v) is 4.54. The number of nitrogens with zero attached hydrogens (tertiary/aromatic N) is 4. The number of rotatable bonds is 7. The van der Waals surface area contributed by atoms with E-state index in [1.807, 2.05) is 0 Å². The molecule has 30 heavy (non-hydrogen) atoms. The molecule has 0 atom stereocenters. The van der Waals surface area contributed by atoms with Gasteiger partial charge in [-0.3, -0.25) is 14.2 Å². The zero-order valence-corrected chi connectivity index (χ0v) is 16.3. The lowest BCUT2D eigenvalue weighted by molar-refractivity contribution is -0.117. The Bertz CT molecular complexity index is 1070. The second-order valence-electron chi connectivity index (χ2n) is 6.04. The molecule has 3 rings (SSSR count). The molecule has 1 N–H and O–H groups in total. The van der Waals surface area contributed by atoms with Crippen LogP contribution in [0.3, 0.4) is 0 Å². The summed E-state index contributed by atoms with van der Waals surface area (Å²) in [5, 5.41) is 8.75. The molecule has 1 amide bonds. The quantitative estimate of drug-likeness (QED) is 0.492. The van der Waals surface area contributed by atoms with Crippen molar-refractivity contribution in [3.8, 4) is 0 Å². The summed E-state index contributed by atoms with van der Waals surface area (Å²) < 4.78 is 67.1. The van der Waals surface area contributed by atoms with Gasteiger partial charge in [-0.15, -0.1) is 0 Å². The van der Waals surface area contributed by atoms with Crippen LogP contribution in [0.4, 0.5) is 27.8 Å². The van der Waals surface area contributed by atoms with E-state index in [9.17, 15) is 26.7 Å². The molecule has 0 radical (unpaired) electrons. The first kappa shape index (κ1) is 22.0. The van der Waals surface area contributed by atoms with Crippen LogP contribution in [0, 0.1) is 5.82 Å². The molecule has 0 aliphatic carbocycles. The van der Waals surface area contributed by atoms with E-state index in [0.29, 0.717) is 10.2 Å². The highest BCUT2D eigenvalue weighted by molar-refractivity contribution is 6.33. The lowest BCUT2D eigenvalue weighted by atomic mass is 10.2. The monoisotopic (exact) mass is 467 g/mol. The van der Waals surface area contributed by atoms with Gasteiger partial charge in [-0.1, -0.05) is 35.3 Å². The Labute approximate surface area is 176 Å². The normalized spacial score (nSPS) is 11.5. The summed E-state index contributed by atoms with van der Waals surface area (Å²) in [5.74, 6) is -1.42. The minimum absolute atomic E-state index is 0.0283. The minimum atomic E-state index is -3.22. The molecule has 0 saturated carbocycles. The van der Waals surface area contributed by atoms with E-state index in [0.717, 1.165) is 0 Å². The van der Waals surface area contributed by atoms with E-state index in [4.69, 9.17) is 23.2 Å². The van der Waals surface area contributed by atoms with E-state index < -0.39 is 47.5 Å². The van der Waals surface area contributed by atoms with Gasteiger partial charge in [0.25, 0.3) is 12.9 Å². The Morgan fingerprint density at radius 2 is 1.87 bits per heavy atom. The van der Waals surface area contributed by atoms with E-state index >= 15 is 0 Å². The fourth-order valence-electron chi connectivity index (χ4n) is 2.63. The number of carbonyl (C=O) groups excluding carboxylic acids is 1. The van der Waals surface area contributed by atoms with E-state index in [1.165, 1.54) is 29.1 Å². The Morgan fingerprint density at radius 1 is 1.13 bits per heavy atom. The third-order valence-electron chi connectivity index (χ3n) is 3.87. The maximum absolute atomic E-state index is 13.3. The number of hydrogen-bond donors (Lipinski definition) is 1. The molecule has 0 aliphatic heterocycles. The van der Waals surface area contributed by atoms with Crippen LogP contribution in [0.2, 0.25) is 10.0 Å². The number of benzene rings is 1. The fraction of sp³-hybridized carbons (Fsp3) is 0.235. The van der Waals surface area contributed by atoms with Crippen molar-refractivity contribution in [1.29, 1.82) is 0 Å². The topological polar surface area (TPSA) is 64.7 Å². The number of alkyl halides is 4. The van der Waals surface area contributed by atoms with Crippen LogP contribution in [0.5, 0.6) is 0 Å². The van der Waals surface area contributed by atoms with Gasteiger partial charge in [0.15, 0.2) is 5.82 Å². The van der Waals surface area contributed by atoms with E-state index in [1.54, 1.807) is 6.07 Å². The SMILES string of the molecule is O=C(Cn1nc(C(F)F)c(Cl)c1C(F)F)Nc1nn(Cc2cccc(F)c2)cc1Cl. The number of anilines is 1. The zero-order chi connectivity index (χ0) is 22.0. The molecule has 13 heteroatoms. The molecule has 0 aliphatic rings. The van der Waals surface area contributed by atoms with Gasteiger partial charge in [-0.2, -0.15) is 10.2 Å². The highest BCUT2D eigenvalue weighted by Gasteiger charge is 2.28. The van der Waals surface area contributed by atoms with Crippen molar-refractivity contribution >= 4 is 34.9 Å². The number of amides is 1. The zero-order valence-electron chi connectivity index (χ0n) is 14.8. The summed E-state index contributed by atoms with van der Waals surface area (Å²) >= 11 is 11.5. The second kappa shape index (κ2) is 9.00. The summed E-state index contributed by atoms with van der Waals surface area (Å²) in [4.78, 5) is 12.2. The molecule has 2 heterocycles. The molecule has 0 saturated heterocycles. The fourth-order valence-corrected chi connectivity index (χ4v) is 3.13. The Hall–Kier alpha value is -2.66. The summed E-state index contributed by atoms with van der Waals surface area (Å²) in [7, 11) is 0. The molecular weight excluding hydrogens is 456 g/mol. The molecule has 0 bridgehead atoms. The lowest BCUT2D eigenvalue weighted by Crippen LogP contribution is -2.21. The molecule has 0 fully saturated rings. The van der Waals surface area contributed by atoms with Crippen molar-refractivity contribution in [2.75, 3.05) is 5.32 Å². The van der Waals surface area contributed by atoms with Gasteiger partial charge in [0.1, 0.15) is 28.8 Å². The van der Waals surface area contributed by atoms with Crippen molar-refractivity contribution in [3.63, 3.8) is 0 Å². The molecule has 3 aromatic rings. The van der Waals surface area contributed by atoms with Gasteiger partial charge in [0, 0.05) is 6.20 Å². The lowest BCUT2D eigenvalue weighted by Gasteiger charge is -2.07. The molecule has 160 valence electrons. The predicted molar refractivity (Wildman–Crippen MR) is 98.5 cm³/mol. The van der Waals surface area contributed by atoms with Crippen LogP contribution in [-0.2, 0) is 17.9 Å². The van der Waals surface area contributed by atoms with Gasteiger partial charge >= 0.3 is 0 Å². The van der Waals surface area contributed by atoms with Gasteiger partial charge in [-0.25, -0.2) is 22.0 Å². The molecular formula is C17H12Cl2F5N5O. The van der Waals surface area contributed by atoms with E-state index in [-0.39, 0.29) is 17.4 Å². The molecule has 1 aromatic carbocycles. The van der Waals surface area contributed by atoms with Gasteiger partial charge in [0.2, 0.25) is 5.91 Å². The van der Waals surface area contributed by atoms with Crippen molar-refractivity contribution in [2.24, 2.45) is 0 Å². The molecule has 0 spiro atoms. The maximum Gasteiger partial charge on any atom is 0.283 e.